The van der Waals surface area contributed by atoms with Crippen LogP contribution >= 0.6 is 27.5 Å². The number of nitrogens with zero attached hydrogens (tertiary/aromatic N) is 1. The Morgan fingerprint density at radius 1 is 1.25 bits per heavy atom. The molecule has 2 heterocycles. The third-order valence-electron chi connectivity index (χ3n) is 5.14. The van der Waals surface area contributed by atoms with Gasteiger partial charge in [0.15, 0.2) is 11.0 Å². The Hall–Kier alpha value is -2.39. The lowest BCUT2D eigenvalue weighted by atomic mass is 10.1. The Balaban J connectivity index is 1.44. The first kappa shape index (κ1) is 22.8. The standard InChI is InChI=1S/C23H21BrClNO6/c24-14-4-5-17(21-11-19(28)16-2-1-3-18(25)23(16)32-21)20(10-14)31-9-8-30-13-22(29)26-7-6-15(27)12-26/h1-5,10-11,15,27H,6-9,12-13H2. The Bertz CT molecular complexity index is 1200. The number of halogens is 2. The zero-order valence-corrected chi connectivity index (χ0v) is 19.4. The zero-order valence-electron chi connectivity index (χ0n) is 17.1. The fraction of sp³-hybridized carbons (Fsp3) is 0.304. The van der Waals surface area contributed by atoms with Crippen LogP contribution < -0.4 is 10.2 Å². The predicted octanol–water partition coefficient (Wildman–Crippen LogP) is 3.86. The second kappa shape index (κ2) is 10.0. The number of aliphatic hydroxyl groups excluding tert-OH is 1. The second-order valence-corrected chi connectivity index (χ2v) is 8.74. The molecule has 1 aromatic heterocycles. The molecule has 0 saturated carbocycles. The molecule has 1 N–H and O–H groups in total. The minimum atomic E-state index is -0.456. The number of hydrogen-bond acceptors (Lipinski definition) is 6. The van der Waals surface area contributed by atoms with Crippen LogP contribution in [0.25, 0.3) is 22.3 Å². The molecule has 7 nitrogen and oxygen atoms in total. The molecular weight excluding hydrogens is 502 g/mol. The van der Waals surface area contributed by atoms with Gasteiger partial charge in [-0.15, -0.1) is 0 Å². The third kappa shape index (κ3) is 5.15. The molecular formula is C23H21BrClNO6. The lowest BCUT2D eigenvalue weighted by molar-refractivity contribution is -0.135. The molecule has 4 rings (SSSR count). The Morgan fingerprint density at radius 2 is 2.09 bits per heavy atom. The number of rotatable bonds is 7. The fourth-order valence-electron chi connectivity index (χ4n) is 3.52. The summed E-state index contributed by atoms with van der Waals surface area (Å²) in [6, 6.07) is 11.8. The molecule has 1 saturated heterocycles. The highest BCUT2D eigenvalue weighted by Crippen LogP contribution is 2.34. The van der Waals surface area contributed by atoms with E-state index in [-0.39, 0.29) is 31.2 Å². The summed E-state index contributed by atoms with van der Waals surface area (Å²) >= 11 is 9.64. The van der Waals surface area contributed by atoms with Crippen LogP contribution in [0.2, 0.25) is 5.02 Å². The van der Waals surface area contributed by atoms with Crippen molar-refractivity contribution < 1.29 is 23.8 Å². The maximum atomic E-state index is 12.6. The molecule has 1 amide bonds. The SMILES string of the molecule is O=C(COCCOc1cc(Br)ccc1-c1cc(=O)c2cccc(Cl)c2o1)N1CCC(O)C1. The van der Waals surface area contributed by atoms with Crippen LogP contribution in [0.1, 0.15) is 6.42 Å². The van der Waals surface area contributed by atoms with Gasteiger partial charge in [-0.1, -0.05) is 33.6 Å². The first-order valence-electron chi connectivity index (χ1n) is 10.1. The molecule has 0 spiro atoms. The number of likely N-dealkylation sites (tertiary alicyclic amines) is 1. The summed E-state index contributed by atoms with van der Waals surface area (Å²) in [7, 11) is 0. The summed E-state index contributed by atoms with van der Waals surface area (Å²) in [6.07, 6.45) is 0.138. The minimum Gasteiger partial charge on any atom is -0.490 e. The largest absolute Gasteiger partial charge is 0.490 e. The van der Waals surface area contributed by atoms with Gasteiger partial charge in [-0.3, -0.25) is 9.59 Å². The Labute approximate surface area is 197 Å². The molecule has 1 unspecified atom stereocenters. The van der Waals surface area contributed by atoms with E-state index >= 15 is 0 Å². The van der Waals surface area contributed by atoms with Crippen LogP contribution in [-0.2, 0) is 9.53 Å². The van der Waals surface area contributed by atoms with Crippen LogP contribution in [0, 0.1) is 0 Å². The highest BCUT2D eigenvalue weighted by molar-refractivity contribution is 9.10. The van der Waals surface area contributed by atoms with Crippen molar-refractivity contribution in [2.75, 3.05) is 32.9 Å². The van der Waals surface area contributed by atoms with Gasteiger partial charge in [-0.25, -0.2) is 0 Å². The smallest absolute Gasteiger partial charge is 0.248 e. The summed E-state index contributed by atoms with van der Waals surface area (Å²) < 4.78 is 18.0. The van der Waals surface area contributed by atoms with E-state index in [4.69, 9.17) is 25.5 Å². The van der Waals surface area contributed by atoms with Crippen LogP contribution in [0.3, 0.4) is 0 Å². The van der Waals surface area contributed by atoms with Crippen molar-refractivity contribution in [1.82, 2.24) is 4.90 Å². The van der Waals surface area contributed by atoms with Crippen molar-refractivity contribution in [3.8, 4) is 17.1 Å². The van der Waals surface area contributed by atoms with Gasteiger partial charge in [0.25, 0.3) is 0 Å². The molecule has 168 valence electrons. The number of carbonyl (C=O) groups is 1. The quantitative estimate of drug-likeness (QED) is 0.474. The van der Waals surface area contributed by atoms with Crippen molar-refractivity contribution in [2.24, 2.45) is 0 Å². The van der Waals surface area contributed by atoms with E-state index in [1.807, 2.05) is 6.07 Å². The van der Waals surface area contributed by atoms with E-state index < -0.39 is 6.10 Å². The average molecular weight is 523 g/mol. The molecule has 2 aromatic carbocycles. The van der Waals surface area contributed by atoms with Gasteiger partial charge in [0.05, 0.1) is 28.7 Å². The van der Waals surface area contributed by atoms with Gasteiger partial charge in [0, 0.05) is 23.6 Å². The number of amides is 1. The van der Waals surface area contributed by atoms with Crippen LogP contribution in [0.15, 0.2) is 56.1 Å². The summed E-state index contributed by atoms with van der Waals surface area (Å²) in [5.74, 6) is 0.674. The number of hydrogen-bond donors (Lipinski definition) is 1. The van der Waals surface area contributed by atoms with Crippen LogP contribution in [0.4, 0.5) is 0 Å². The van der Waals surface area contributed by atoms with E-state index in [0.29, 0.717) is 52.6 Å². The van der Waals surface area contributed by atoms with Crippen molar-refractivity contribution in [3.05, 3.63) is 62.2 Å². The zero-order chi connectivity index (χ0) is 22.7. The summed E-state index contributed by atoms with van der Waals surface area (Å²) in [5, 5.41) is 10.3. The molecule has 0 aliphatic carbocycles. The summed E-state index contributed by atoms with van der Waals surface area (Å²) in [5.41, 5.74) is 0.708. The van der Waals surface area contributed by atoms with Gasteiger partial charge >= 0.3 is 0 Å². The molecule has 1 aliphatic rings. The average Bonchev–Trinajstić information content (AvgIpc) is 3.20. The van der Waals surface area contributed by atoms with Crippen LogP contribution in [-0.4, -0.2) is 54.9 Å². The lowest BCUT2D eigenvalue weighted by Crippen LogP contribution is -2.33. The number of fused-ring (bicyclic) bond motifs is 1. The highest BCUT2D eigenvalue weighted by atomic mass is 79.9. The number of β-amino-alcohol motifs (C(OH)–C–C–N with tert-alkyl or cyclic N) is 1. The molecule has 3 aromatic rings. The van der Waals surface area contributed by atoms with Gasteiger partial charge < -0.3 is 23.9 Å². The second-order valence-electron chi connectivity index (χ2n) is 7.42. The number of ether oxygens (including phenoxy) is 2. The third-order valence-corrected chi connectivity index (χ3v) is 5.93. The van der Waals surface area contributed by atoms with Crippen molar-refractivity contribution >= 4 is 44.4 Å². The van der Waals surface area contributed by atoms with Crippen molar-refractivity contribution in [2.45, 2.75) is 12.5 Å². The molecule has 1 fully saturated rings. The normalized spacial score (nSPS) is 16.0. The van der Waals surface area contributed by atoms with E-state index in [1.54, 1.807) is 35.2 Å². The maximum absolute atomic E-state index is 12.6. The maximum Gasteiger partial charge on any atom is 0.248 e. The summed E-state index contributed by atoms with van der Waals surface area (Å²) in [4.78, 5) is 26.2. The van der Waals surface area contributed by atoms with E-state index in [9.17, 15) is 14.7 Å². The number of carbonyl (C=O) groups excluding carboxylic acids is 1. The predicted molar refractivity (Wildman–Crippen MR) is 124 cm³/mol. The Kier molecular flexibility index (Phi) is 7.15. The van der Waals surface area contributed by atoms with Gasteiger partial charge in [-0.2, -0.15) is 0 Å². The van der Waals surface area contributed by atoms with Crippen molar-refractivity contribution in [3.63, 3.8) is 0 Å². The lowest BCUT2D eigenvalue weighted by Gasteiger charge is -2.16. The molecule has 1 aliphatic heterocycles. The highest BCUT2D eigenvalue weighted by Gasteiger charge is 2.24. The monoisotopic (exact) mass is 521 g/mol. The van der Waals surface area contributed by atoms with E-state index in [1.165, 1.54) is 6.07 Å². The molecule has 32 heavy (non-hydrogen) atoms. The van der Waals surface area contributed by atoms with Crippen LogP contribution in [0.5, 0.6) is 5.75 Å². The van der Waals surface area contributed by atoms with Gasteiger partial charge in [0.2, 0.25) is 5.91 Å². The topological polar surface area (TPSA) is 89.2 Å². The minimum absolute atomic E-state index is 0.0700. The molecule has 9 heteroatoms. The number of aliphatic hydroxyl groups is 1. The molecule has 0 radical (unpaired) electrons. The van der Waals surface area contributed by atoms with E-state index in [2.05, 4.69) is 15.9 Å². The number of para-hydroxylation sites is 1. The first-order valence-corrected chi connectivity index (χ1v) is 11.3. The molecule has 1 atom stereocenters. The Morgan fingerprint density at radius 3 is 2.88 bits per heavy atom. The van der Waals surface area contributed by atoms with E-state index in [0.717, 1.165) is 4.47 Å². The number of benzene rings is 2. The molecule has 0 bridgehead atoms. The summed E-state index contributed by atoms with van der Waals surface area (Å²) in [6.45, 7) is 1.21. The van der Waals surface area contributed by atoms with Crippen molar-refractivity contribution in [1.29, 1.82) is 0 Å². The van der Waals surface area contributed by atoms with Gasteiger partial charge in [-0.05, 0) is 36.8 Å². The van der Waals surface area contributed by atoms with Gasteiger partial charge in [0.1, 0.15) is 24.7 Å². The first-order chi connectivity index (χ1) is 15.4. The fourth-order valence-corrected chi connectivity index (χ4v) is 4.08.